The highest BCUT2D eigenvalue weighted by atomic mass is 19.2. The minimum absolute atomic E-state index is 0.360. The van der Waals surface area contributed by atoms with Gasteiger partial charge in [0.1, 0.15) is 5.82 Å². The normalized spacial score (nSPS) is 24.4. The van der Waals surface area contributed by atoms with Crippen molar-refractivity contribution in [3.63, 3.8) is 0 Å². The van der Waals surface area contributed by atoms with E-state index in [9.17, 15) is 23.1 Å². The molecule has 104 valence electrons. The van der Waals surface area contributed by atoms with Crippen molar-refractivity contribution in [1.29, 1.82) is 0 Å². The Morgan fingerprint density at radius 3 is 2.42 bits per heavy atom. The Labute approximate surface area is 107 Å². The number of halogens is 3. The van der Waals surface area contributed by atoms with Crippen molar-refractivity contribution in [1.82, 2.24) is 0 Å². The number of benzene rings is 1. The van der Waals surface area contributed by atoms with Crippen LogP contribution < -0.4 is 0 Å². The van der Waals surface area contributed by atoms with Crippen LogP contribution >= 0.6 is 0 Å². The molecule has 0 aromatic heterocycles. The van der Waals surface area contributed by atoms with E-state index in [0.717, 1.165) is 0 Å². The fourth-order valence-corrected chi connectivity index (χ4v) is 2.67. The van der Waals surface area contributed by atoms with Gasteiger partial charge in [-0.05, 0) is 18.9 Å². The summed E-state index contributed by atoms with van der Waals surface area (Å²) in [6.45, 7) is 0. The highest BCUT2D eigenvalue weighted by Crippen LogP contribution is 2.41. The maximum Gasteiger partial charge on any atom is 0.306 e. The van der Waals surface area contributed by atoms with E-state index in [1.165, 1.54) is 0 Å². The van der Waals surface area contributed by atoms with Gasteiger partial charge in [-0.1, -0.05) is 6.42 Å². The first kappa shape index (κ1) is 13.9. The lowest BCUT2D eigenvalue weighted by Gasteiger charge is -2.23. The Bertz CT molecular complexity index is 504. The molecule has 3 nitrogen and oxygen atoms in total. The monoisotopic (exact) mass is 274 g/mol. The number of aliphatic hydroxyl groups excluding tert-OH is 1. The van der Waals surface area contributed by atoms with Gasteiger partial charge in [0, 0.05) is 17.5 Å². The lowest BCUT2D eigenvalue weighted by Crippen LogP contribution is -2.24. The Morgan fingerprint density at radius 1 is 1.16 bits per heavy atom. The van der Waals surface area contributed by atoms with Gasteiger partial charge in [-0.25, -0.2) is 13.2 Å². The average Bonchev–Trinajstić information content (AvgIpc) is 2.82. The lowest BCUT2D eigenvalue weighted by atomic mass is 9.87. The molecule has 0 spiro atoms. The first-order chi connectivity index (χ1) is 8.91. The fourth-order valence-electron chi connectivity index (χ4n) is 2.67. The minimum Gasteiger partial charge on any atom is -0.481 e. The van der Waals surface area contributed by atoms with Gasteiger partial charge in [0.15, 0.2) is 11.6 Å². The second kappa shape index (κ2) is 5.21. The predicted molar refractivity (Wildman–Crippen MR) is 59.7 cm³/mol. The van der Waals surface area contributed by atoms with E-state index in [0.29, 0.717) is 31.4 Å². The van der Waals surface area contributed by atoms with E-state index < -0.39 is 46.9 Å². The summed E-state index contributed by atoms with van der Waals surface area (Å²) in [5.41, 5.74) is -0.392. The van der Waals surface area contributed by atoms with E-state index in [1.807, 2.05) is 0 Å². The largest absolute Gasteiger partial charge is 0.481 e. The van der Waals surface area contributed by atoms with Crippen LogP contribution in [0.3, 0.4) is 0 Å². The molecule has 6 heteroatoms. The quantitative estimate of drug-likeness (QED) is 0.833. The predicted octanol–water partition coefficient (Wildman–Crippen LogP) is 2.64. The van der Waals surface area contributed by atoms with Crippen molar-refractivity contribution in [2.75, 3.05) is 0 Å². The Hall–Kier alpha value is -1.56. The second-order valence-corrected chi connectivity index (χ2v) is 4.77. The number of hydrogen-bond acceptors (Lipinski definition) is 2. The number of carboxylic acids is 1. The summed E-state index contributed by atoms with van der Waals surface area (Å²) < 4.78 is 39.5. The average molecular weight is 274 g/mol. The summed E-state index contributed by atoms with van der Waals surface area (Å²) in [4.78, 5) is 11.0. The molecule has 1 aromatic rings. The van der Waals surface area contributed by atoms with Crippen LogP contribution in [0.5, 0.6) is 0 Å². The molecule has 0 heterocycles. The molecule has 0 amide bonds. The molecule has 0 bridgehead atoms. The number of aliphatic carboxylic acids is 1. The van der Waals surface area contributed by atoms with E-state index in [4.69, 9.17) is 5.11 Å². The molecular formula is C13H13F3O3. The SMILES string of the molecule is O=C(O)C1CCCC1C(O)c1cc(F)c(F)cc1F. The Kier molecular flexibility index (Phi) is 3.80. The molecule has 3 unspecified atom stereocenters. The maximum absolute atomic E-state index is 13.5. The van der Waals surface area contributed by atoms with Crippen LogP contribution in [0.4, 0.5) is 13.2 Å². The summed E-state index contributed by atoms with van der Waals surface area (Å²) in [6, 6.07) is 0.950. The lowest BCUT2D eigenvalue weighted by molar-refractivity contribution is -0.144. The van der Waals surface area contributed by atoms with Crippen molar-refractivity contribution in [3.05, 3.63) is 35.1 Å². The van der Waals surface area contributed by atoms with Gasteiger partial charge >= 0.3 is 5.97 Å². The molecule has 1 fully saturated rings. The molecule has 2 N–H and O–H groups in total. The molecule has 1 saturated carbocycles. The molecule has 2 rings (SSSR count). The van der Waals surface area contributed by atoms with E-state index in [-0.39, 0.29) is 0 Å². The zero-order chi connectivity index (χ0) is 14.2. The smallest absolute Gasteiger partial charge is 0.306 e. The van der Waals surface area contributed by atoms with E-state index >= 15 is 0 Å². The van der Waals surface area contributed by atoms with Crippen molar-refractivity contribution >= 4 is 5.97 Å². The third kappa shape index (κ3) is 2.58. The number of carboxylic acid groups (broad SMARTS) is 1. The molecule has 0 aliphatic heterocycles. The topological polar surface area (TPSA) is 57.5 Å². The second-order valence-electron chi connectivity index (χ2n) is 4.77. The van der Waals surface area contributed by atoms with Gasteiger partial charge < -0.3 is 10.2 Å². The Morgan fingerprint density at radius 2 is 1.79 bits per heavy atom. The van der Waals surface area contributed by atoms with Gasteiger partial charge in [-0.3, -0.25) is 4.79 Å². The van der Waals surface area contributed by atoms with Crippen molar-refractivity contribution in [3.8, 4) is 0 Å². The summed E-state index contributed by atoms with van der Waals surface area (Å²) in [5.74, 6) is -6.21. The summed E-state index contributed by atoms with van der Waals surface area (Å²) >= 11 is 0. The van der Waals surface area contributed by atoms with E-state index in [2.05, 4.69) is 0 Å². The standard InChI is InChI=1S/C13H13F3O3/c14-9-5-11(16)10(15)4-8(9)12(17)6-2-1-3-7(6)13(18)19/h4-7,12,17H,1-3H2,(H,18,19). The van der Waals surface area contributed by atoms with Gasteiger partial charge in [0.2, 0.25) is 0 Å². The number of carbonyl (C=O) groups is 1. The van der Waals surface area contributed by atoms with Crippen LogP contribution in [-0.2, 0) is 4.79 Å². The molecule has 0 radical (unpaired) electrons. The van der Waals surface area contributed by atoms with Gasteiger partial charge in [-0.2, -0.15) is 0 Å². The number of hydrogen-bond donors (Lipinski definition) is 2. The first-order valence-electron chi connectivity index (χ1n) is 5.97. The van der Waals surface area contributed by atoms with Crippen LogP contribution in [0.25, 0.3) is 0 Å². The zero-order valence-electron chi connectivity index (χ0n) is 9.94. The maximum atomic E-state index is 13.5. The van der Waals surface area contributed by atoms with Gasteiger partial charge in [0.05, 0.1) is 12.0 Å². The highest BCUT2D eigenvalue weighted by molar-refractivity contribution is 5.70. The summed E-state index contributed by atoms with van der Waals surface area (Å²) in [7, 11) is 0. The summed E-state index contributed by atoms with van der Waals surface area (Å²) in [6.07, 6.45) is -0.0400. The fraction of sp³-hybridized carbons (Fsp3) is 0.462. The molecule has 1 aliphatic rings. The first-order valence-corrected chi connectivity index (χ1v) is 5.97. The van der Waals surface area contributed by atoms with Crippen LogP contribution in [0, 0.1) is 29.3 Å². The molecular weight excluding hydrogens is 261 g/mol. The van der Waals surface area contributed by atoms with Crippen LogP contribution in [0.15, 0.2) is 12.1 Å². The van der Waals surface area contributed by atoms with Crippen LogP contribution in [0.1, 0.15) is 30.9 Å². The Balaban J connectivity index is 2.31. The zero-order valence-corrected chi connectivity index (χ0v) is 9.94. The summed E-state index contributed by atoms with van der Waals surface area (Å²) in [5, 5.41) is 19.1. The minimum atomic E-state index is -1.45. The van der Waals surface area contributed by atoms with Crippen molar-refractivity contribution in [2.24, 2.45) is 11.8 Å². The third-order valence-electron chi connectivity index (χ3n) is 3.65. The molecule has 0 saturated heterocycles. The van der Waals surface area contributed by atoms with Crippen LogP contribution in [0.2, 0.25) is 0 Å². The van der Waals surface area contributed by atoms with Gasteiger partial charge in [0.25, 0.3) is 0 Å². The highest BCUT2D eigenvalue weighted by Gasteiger charge is 2.39. The van der Waals surface area contributed by atoms with E-state index in [1.54, 1.807) is 0 Å². The number of aliphatic hydroxyl groups is 1. The molecule has 19 heavy (non-hydrogen) atoms. The molecule has 1 aromatic carbocycles. The van der Waals surface area contributed by atoms with Gasteiger partial charge in [-0.15, -0.1) is 0 Å². The van der Waals surface area contributed by atoms with Crippen LogP contribution in [-0.4, -0.2) is 16.2 Å². The van der Waals surface area contributed by atoms with Crippen molar-refractivity contribution < 1.29 is 28.2 Å². The third-order valence-corrected chi connectivity index (χ3v) is 3.65. The number of rotatable bonds is 3. The molecule has 3 atom stereocenters. The van der Waals surface area contributed by atoms with Crippen molar-refractivity contribution in [2.45, 2.75) is 25.4 Å². The molecule has 1 aliphatic carbocycles.